The molecule has 4 heteroatoms. The summed E-state index contributed by atoms with van der Waals surface area (Å²) in [7, 11) is 1.85. The molecule has 114 valence electrons. The lowest BCUT2D eigenvalue weighted by molar-refractivity contribution is -0.133. The molecule has 0 radical (unpaired) electrons. The van der Waals surface area contributed by atoms with E-state index in [1.54, 1.807) is 4.90 Å². The Bertz CT molecular complexity index is 712. The van der Waals surface area contributed by atoms with Crippen molar-refractivity contribution in [2.45, 2.75) is 24.8 Å². The van der Waals surface area contributed by atoms with E-state index in [0.29, 0.717) is 11.6 Å². The first-order valence-electron chi connectivity index (χ1n) is 7.28. The Hall–Kier alpha value is -1.32. The fraction of sp³-hybridized carbons (Fsp3) is 0.278. The largest absolute Gasteiger partial charge is 0.341 e. The van der Waals surface area contributed by atoms with E-state index in [1.807, 2.05) is 55.6 Å². The topological polar surface area (TPSA) is 20.3 Å². The Morgan fingerprint density at radius 2 is 1.95 bits per heavy atom. The number of benzene rings is 2. The van der Waals surface area contributed by atoms with Gasteiger partial charge in [0.2, 0.25) is 5.91 Å². The van der Waals surface area contributed by atoms with Crippen molar-refractivity contribution in [3.8, 4) is 0 Å². The van der Waals surface area contributed by atoms with E-state index in [-0.39, 0.29) is 11.3 Å². The van der Waals surface area contributed by atoms with Crippen LogP contribution in [0.4, 0.5) is 0 Å². The average Bonchev–Trinajstić information content (AvgIpc) is 3.30. The number of amides is 1. The molecule has 0 bridgehead atoms. The van der Waals surface area contributed by atoms with Gasteiger partial charge in [-0.1, -0.05) is 57.9 Å². The molecule has 2 nitrogen and oxygen atoms in total. The molecule has 0 heterocycles. The molecular formula is C18H17BrClNO. The van der Waals surface area contributed by atoms with Crippen LogP contribution in [0.2, 0.25) is 5.02 Å². The molecule has 1 saturated carbocycles. The van der Waals surface area contributed by atoms with E-state index >= 15 is 0 Å². The predicted octanol–water partition coefficient (Wildman–Crippen LogP) is 4.79. The molecule has 0 spiro atoms. The molecular weight excluding hydrogens is 362 g/mol. The normalized spacial score (nSPS) is 15.4. The third-order valence-corrected chi connectivity index (χ3v) is 5.11. The quantitative estimate of drug-likeness (QED) is 0.749. The molecule has 22 heavy (non-hydrogen) atoms. The summed E-state index contributed by atoms with van der Waals surface area (Å²) in [6, 6.07) is 15.7. The number of likely N-dealkylation sites (N-methyl/N-ethyl adjacent to an activating group) is 1. The van der Waals surface area contributed by atoms with Crippen LogP contribution < -0.4 is 0 Å². The monoisotopic (exact) mass is 377 g/mol. The second kappa shape index (κ2) is 6.05. The second-order valence-electron chi connectivity index (χ2n) is 5.85. The zero-order chi connectivity index (χ0) is 15.7. The summed E-state index contributed by atoms with van der Waals surface area (Å²) in [6.07, 6.45) is 1.82. The van der Waals surface area contributed by atoms with Gasteiger partial charge in [-0.05, 0) is 42.2 Å². The first kappa shape index (κ1) is 15.6. The Labute approximate surface area is 144 Å². The highest BCUT2D eigenvalue weighted by molar-refractivity contribution is 9.10. The lowest BCUT2D eigenvalue weighted by Gasteiger charge is -2.24. The summed E-state index contributed by atoms with van der Waals surface area (Å²) >= 11 is 9.69. The van der Waals surface area contributed by atoms with Crippen LogP contribution in [0, 0.1) is 0 Å². The maximum Gasteiger partial charge on any atom is 0.233 e. The fourth-order valence-corrected chi connectivity index (χ4v) is 3.45. The molecule has 0 atom stereocenters. The van der Waals surface area contributed by atoms with Crippen molar-refractivity contribution in [3.63, 3.8) is 0 Å². The van der Waals surface area contributed by atoms with Crippen LogP contribution >= 0.6 is 27.5 Å². The van der Waals surface area contributed by atoms with Gasteiger partial charge in [-0.2, -0.15) is 0 Å². The van der Waals surface area contributed by atoms with Crippen LogP contribution in [0.25, 0.3) is 0 Å². The van der Waals surface area contributed by atoms with E-state index in [4.69, 9.17) is 11.6 Å². The van der Waals surface area contributed by atoms with Crippen LogP contribution in [0.15, 0.2) is 53.0 Å². The molecule has 0 N–H and O–H groups in total. The molecule has 0 unspecified atom stereocenters. The Balaban J connectivity index is 1.80. The highest BCUT2D eigenvalue weighted by atomic mass is 79.9. The number of carbonyl (C=O) groups excluding carboxylic acids is 1. The van der Waals surface area contributed by atoms with Crippen molar-refractivity contribution in [1.82, 2.24) is 4.90 Å². The summed E-state index contributed by atoms with van der Waals surface area (Å²) in [5.41, 5.74) is 1.72. The molecule has 1 amide bonds. The van der Waals surface area contributed by atoms with Crippen molar-refractivity contribution in [3.05, 3.63) is 69.2 Å². The lowest BCUT2D eigenvalue weighted by atomic mass is 9.94. The van der Waals surface area contributed by atoms with Crippen LogP contribution in [0.1, 0.15) is 24.0 Å². The maximum absolute atomic E-state index is 12.9. The number of rotatable bonds is 4. The Kier molecular flexibility index (Phi) is 4.28. The van der Waals surface area contributed by atoms with Crippen LogP contribution in [0.3, 0.4) is 0 Å². The highest BCUT2D eigenvalue weighted by Gasteiger charge is 2.52. The Morgan fingerprint density at radius 1 is 1.23 bits per heavy atom. The van der Waals surface area contributed by atoms with Crippen LogP contribution in [-0.4, -0.2) is 17.9 Å². The first-order valence-corrected chi connectivity index (χ1v) is 8.45. The SMILES string of the molecule is CN(Cc1ccccc1Cl)C(=O)C1(c2cccc(Br)c2)CC1. The van der Waals surface area contributed by atoms with Gasteiger partial charge in [-0.15, -0.1) is 0 Å². The number of halogens is 2. The average molecular weight is 379 g/mol. The third-order valence-electron chi connectivity index (χ3n) is 4.25. The van der Waals surface area contributed by atoms with E-state index in [1.165, 1.54) is 0 Å². The maximum atomic E-state index is 12.9. The number of nitrogens with zero attached hydrogens (tertiary/aromatic N) is 1. The van der Waals surface area contributed by atoms with Gasteiger partial charge >= 0.3 is 0 Å². The van der Waals surface area contributed by atoms with Crippen molar-refractivity contribution < 1.29 is 4.79 Å². The van der Waals surface area contributed by atoms with Gasteiger partial charge in [0.05, 0.1) is 5.41 Å². The fourth-order valence-electron chi connectivity index (χ4n) is 2.86. The summed E-state index contributed by atoms with van der Waals surface area (Å²) in [4.78, 5) is 14.7. The molecule has 0 aliphatic heterocycles. The summed E-state index contributed by atoms with van der Waals surface area (Å²) in [5, 5.41) is 0.703. The van der Waals surface area contributed by atoms with Gasteiger partial charge in [-0.25, -0.2) is 0 Å². The molecule has 1 fully saturated rings. The first-order chi connectivity index (χ1) is 10.5. The third kappa shape index (κ3) is 2.92. The second-order valence-corrected chi connectivity index (χ2v) is 7.17. The summed E-state index contributed by atoms with van der Waals surface area (Å²) < 4.78 is 1.01. The van der Waals surface area contributed by atoms with Crippen molar-refractivity contribution >= 4 is 33.4 Å². The van der Waals surface area contributed by atoms with Crippen molar-refractivity contribution in [2.24, 2.45) is 0 Å². The van der Waals surface area contributed by atoms with Crippen molar-refractivity contribution in [1.29, 1.82) is 0 Å². The number of hydrogen-bond donors (Lipinski definition) is 0. The summed E-state index contributed by atoms with van der Waals surface area (Å²) in [5.74, 6) is 0.172. The standard InChI is InChI=1S/C18H17BrClNO/c1-21(12-13-5-2-3-8-16(13)20)17(22)18(9-10-18)14-6-4-7-15(19)11-14/h2-8,11H,9-10,12H2,1H3. The molecule has 2 aromatic rings. The minimum atomic E-state index is -0.347. The molecule has 1 aliphatic carbocycles. The van der Waals surface area contributed by atoms with E-state index in [9.17, 15) is 4.79 Å². The minimum absolute atomic E-state index is 0.172. The van der Waals surface area contributed by atoms with Gasteiger partial charge in [-0.3, -0.25) is 4.79 Å². The number of carbonyl (C=O) groups is 1. The molecule has 0 saturated heterocycles. The highest BCUT2D eigenvalue weighted by Crippen LogP contribution is 2.50. The molecule has 3 rings (SSSR count). The van der Waals surface area contributed by atoms with Crippen molar-refractivity contribution in [2.75, 3.05) is 7.05 Å². The summed E-state index contributed by atoms with van der Waals surface area (Å²) in [6.45, 7) is 0.536. The van der Waals surface area contributed by atoms with E-state index in [0.717, 1.165) is 28.4 Å². The van der Waals surface area contributed by atoms with Gasteiger partial charge in [0.25, 0.3) is 0 Å². The van der Waals surface area contributed by atoms with Gasteiger partial charge in [0, 0.05) is 23.1 Å². The van der Waals surface area contributed by atoms with Gasteiger partial charge in [0.15, 0.2) is 0 Å². The van der Waals surface area contributed by atoms with Crippen LogP contribution in [0.5, 0.6) is 0 Å². The molecule has 1 aliphatic rings. The lowest BCUT2D eigenvalue weighted by Crippen LogP contribution is -2.36. The van der Waals surface area contributed by atoms with Crippen LogP contribution in [-0.2, 0) is 16.8 Å². The van der Waals surface area contributed by atoms with E-state index < -0.39 is 0 Å². The molecule has 2 aromatic carbocycles. The zero-order valence-corrected chi connectivity index (χ0v) is 14.7. The predicted molar refractivity (Wildman–Crippen MR) is 93.0 cm³/mol. The zero-order valence-electron chi connectivity index (χ0n) is 12.4. The number of hydrogen-bond acceptors (Lipinski definition) is 1. The van der Waals surface area contributed by atoms with Gasteiger partial charge < -0.3 is 4.90 Å². The smallest absolute Gasteiger partial charge is 0.233 e. The molecule has 0 aromatic heterocycles. The van der Waals surface area contributed by atoms with Gasteiger partial charge in [0.1, 0.15) is 0 Å². The van der Waals surface area contributed by atoms with E-state index in [2.05, 4.69) is 15.9 Å². The minimum Gasteiger partial charge on any atom is -0.341 e. The Morgan fingerprint density at radius 3 is 2.59 bits per heavy atom.